The van der Waals surface area contributed by atoms with Crippen molar-refractivity contribution < 1.29 is 8.78 Å². The maximum atomic E-state index is 13.9. The Kier molecular flexibility index (Phi) is 3.99. The highest BCUT2D eigenvalue weighted by Crippen LogP contribution is 2.26. The van der Waals surface area contributed by atoms with Gasteiger partial charge in [0.25, 0.3) is 0 Å². The Morgan fingerprint density at radius 1 is 1.20 bits per heavy atom. The normalized spacial score (nSPS) is 11.8. The van der Waals surface area contributed by atoms with Crippen molar-refractivity contribution in [1.82, 2.24) is 0 Å². The van der Waals surface area contributed by atoms with Crippen molar-refractivity contribution in [2.75, 3.05) is 5.32 Å². The molecular formula is C16H14F2N2. The molecule has 102 valence electrons. The highest BCUT2D eigenvalue weighted by Gasteiger charge is 2.14. The first-order valence-corrected chi connectivity index (χ1v) is 6.24. The van der Waals surface area contributed by atoms with E-state index < -0.39 is 11.6 Å². The number of halogens is 2. The van der Waals surface area contributed by atoms with Crippen LogP contribution in [0.25, 0.3) is 0 Å². The van der Waals surface area contributed by atoms with E-state index >= 15 is 0 Å². The van der Waals surface area contributed by atoms with E-state index in [4.69, 9.17) is 5.26 Å². The fourth-order valence-corrected chi connectivity index (χ4v) is 1.97. The summed E-state index contributed by atoms with van der Waals surface area (Å²) in [4.78, 5) is 0. The fraction of sp³-hybridized carbons (Fsp3) is 0.188. The molecule has 0 heterocycles. The Bertz CT molecular complexity index is 675. The molecule has 0 amide bonds. The average molecular weight is 272 g/mol. The maximum Gasteiger partial charge on any atom is 0.152 e. The zero-order chi connectivity index (χ0) is 14.7. The zero-order valence-corrected chi connectivity index (χ0v) is 11.2. The summed E-state index contributed by atoms with van der Waals surface area (Å²) in [5.41, 5.74) is 1.55. The van der Waals surface area contributed by atoms with Gasteiger partial charge in [-0.1, -0.05) is 18.2 Å². The van der Waals surface area contributed by atoms with Crippen LogP contribution in [0.5, 0.6) is 0 Å². The molecule has 1 unspecified atom stereocenters. The van der Waals surface area contributed by atoms with Gasteiger partial charge in [0.15, 0.2) is 5.82 Å². The van der Waals surface area contributed by atoms with Crippen LogP contribution in [0.2, 0.25) is 0 Å². The summed E-state index contributed by atoms with van der Waals surface area (Å²) in [5, 5.41) is 11.7. The van der Waals surface area contributed by atoms with Crippen molar-refractivity contribution in [2.24, 2.45) is 0 Å². The summed E-state index contributed by atoms with van der Waals surface area (Å²) >= 11 is 0. The van der Waals surface area contributed by atoms with Crippen molar-refractivity contribution in [3.8, 4) is 6.07 Å². The van der Waals surface area contributed by atoms with Crippen LogP contribution < -0.4 is 5.32 Å². The Morgan fingerprint density at radius 2 is 1.95 bits per heavy atom. The van der Waals surface area contributed by atoms with Gasteiger partial charge < -0.3 is 5.32 Å². The zero-order valence-electron chi connectivity index (χ0n) is 11.2. The van der Waals surface area contributed by atoms with Gasteiger partial charge in [-0.3, -0.25) is 0 Å². The van der Waals surface area contributed by atoms with Gasteiger partial charge in [0.2, 0.25) is 0 Å². The first-order valence-electron chi connectivity index (χ1n) is 6.24. The van der Waals surface area contributed by atoms with Crippen molar-refractivity contribution in [1.29, 1.82) is 5.26 Å². The molecule has 1 atom stereocenters. The predicted molar refractivity (Wildman–Crippen MR) is 74.3 cm³/mol. The van der Waals surface area contributed by atoms with Crippen LogP contribution in [0.1, 0.15) is 29.7 Å². The lowest BCUT2D eigenvalue weighted by Gasteiger charge is -2.17. The summed E-state index contributed by atoms with van der Waals surface area (Å²) in [6.45, 7) is 3.37. The minimum absolute atomic E-state index is 0.139. The number of hydrogen-bond acceptors (Lipinski definition) is 2. The molecule has 0 aliphatic carbocycles. The Labute approximate surface area is 116 Å². The van der Waals surface area contributed by atoms with E-state index in [9.17, 15) is 8.78 Å². The van der Waals surface area contributed by atoms with Crippen molar-refractivity contribution in [2.45, 2.75) is 19.9 Å². The van der Waals surface area contributed by atoms with Gasteiger partial charge >= 0.3 is 0 Å². The number of nitrogens with zero attached hydrogens (tertiary/aromatic N) is 1. The molecule has 0 aromatic heterocycles. The molecule has 1 N–H and O–H groups in total. The van der Waals surface area contributed by atoms with Crippen LogP contribution in [-0.2, 0) is 0 Å². The lowest BCUT2D eigenvalue weighted by Crippen LogP contribution is -2.10. The molecule has 0 saturated carbocycles. The second-order valence-electron chi connectivity index (χ2n) is 4.66. The fourth-order valence-electron chi connectivity index (χ4n) is 1.97. The molecule has 0 spiro atoms. The van der Waals surface area contributed by atoms with E-state index in [0.29, 0.717) is 11.1 Å². The standard InChI is InChI=1S/C16H14F2N2/c1-10-6-7-14(17)16(15(10)18)20-11(2)13-5-3-4-12(8-13)9-19/h3-8,11,20H,1-2H3. The maximum absolute atomic E-state index is 13.9. The predicted octanol–water partition coefficient (Wildman–Crippen LogP) is 4.32. The molecule has 0 radical (unpaired) electrons. The number of hydrogen-bond donors (Lipinski definition) is 1. The van der Waals surface area contributed by atoms with Crippen LogP contribution in [0.15, 0.2) is 36.4 Å². The van der Waals surface area contributed by atoms with Gasteiger partial charge in [-0.2, -0.15) is 5.26 Å². The number of benzene rings is 2. The van der Waals surface area contributed by atoms with Crippen LogP contribution >= 0.6 is 0 Å². The third-order valence-corrected chi connectivity index (χ3v) is 3.16. The Balaban J connectivity index is 2.30. The molecule has 0 bridgehead atoms. The molecule has 4 heteroatoms. The molecule has 0 saturated heterocycles. The minimum atomic E-state index is -0.628. The Hall–Kier alpha value is -2.41. The SMILES string of the molecule is Cc1ccc(F)c(NC(C)c2cccc(C#N)c2)c1F. The van der Waals surface area contributed by atoms with E-state index in [2.05, 4.69) is 5.32 Å². The quantitative estimate of drug-likeness (QED) is 0.903. The molecule has 2 nitrogen and oxygen atoms in total. The van der Waals surface area contributed by atoms with Gasteiger partial charge in [0, 0.05) is 6.04 Å². The Morgan fingerprint density at radius 3 is 2.65 bits per heavy atom. The topological polar surface area (TPSA) is 35.8 Å². The monoisotopic (exact) mass is 272 g/mol. The van der Waals surface area contributed by atoms with Crippen molar-refractivity contribution in [3.63, 3.8) is 0 Å². The molecular weight excluding hydrogens is 258 g/mol. The largest absolute Gasteiger partial charge is 0.374 e. The average Bonchev–Trinajstić information content (AvgIpc) is 2.47. The van der Waals surface area contributed by atoms with E-state index in [-0.39, 0.29) is 11.7 Å². The summed E-state index contributed by atoms with van der Waals surface area (Å²) in [6, 6.07) is 11.3. The van der Waals surface area contributed by atoms with E-state index in [1.807, 2.05) is 12.1 Å². The molecule has 0 aliphatic heterocycles. The third kappa shape index (κ3) is 2.77. The lowest BCUT2D eigenvalue weighted by molar-refractivity contribution is 0.579. The van der Waals surface area contributed by atoms with Gasteiger partial charge in [-0.05, 0) is 43.2 Å². The molecule has 0 fully saturated rings. The van der Waals surface area contributed by atoms with E-state index in [0.717, 1.165) is 5.56 Å². The van der Waals surface area contributed by atoms with Gasteiger partial charge in [-0.15, -0.1) is 0 Å². The van der Waals surface area contributed by atoms with Crippen LogP contribution in [0, 0.1) is 29.9 Å². The molecule has 2 rings (SSSR count). The summed E-state index contributed by atoms with van der Waals surface area (Å²) in [7, 11) is 0. The van der Waals surface area contributed by atoms with Gasteiger partial charge in [0.1, 0.15) is 11.5 Å². The summed E-state index contributed by atoms with van der Waals surface area (Å²) in [5.74, 6) is -1.22. The van der Waals surface area contributed by atoms with Crippen LogP contribution in [0.4, 0.5) is 14.5 Å². The first-order chi connectivity index (χ1) is 9.52. The number of anilines is 1. The summed E-state index contributed by atoms with van der Waals surface area (Å²) in [6.07, 6.45) is 0. The van der Waals surface area contributed by atoms with E-state index in [1.54, 1.807) is 32.0 Å². The minimum Gasteiger partial charge on any atom is -0.374 e. The molecule has 20 heavy (non-hydrogen) atoms. The highest BCUT2D eigenvalue weighted by atomic mass is 19.1. The molecule has 2 aromatic rings. The lowest BCUT2D eigenvalue weighted by atomic mass is 10.0. The number of nitriles is 1. The summed E-state index contributed by atoms with van der Waals surface area (Å²) < 4.78 is 27.6. The van der Waals surface area contributed by atoms with Gasteiger partial charge in [0.05, 0.1) is 11.6 Å². The first kappa shape index (κ1) is 14.0. The smallest absolute Gasteiger partial charge is 0.152 e. The van der Waals surface area contributed by atoms with Crippen molar-refractivity contribution >= 4 is 5.69 Å². The van der Waals surface area contributed by atoms with Crippen LogP contribution in [0.3, 0.4) is 0 Å². The highest BCUT2D eigenvalue weighted by molar-refractivity contribution is 5.51. The number of nitrogens with one attached hydrogen (secondary N) is 1. The van der Waals surface area contributed by atoms with Gasteiger partial charge in [-0.25, -0.2) is 8.78 Å². The third-order valence-electron chi connectivity index (χ3n) is 3.16. The molecule has 0 aliphatic rings. The number of rotatable bonds is 3. The van der Waals surface area contributed by atoms with Crippen LogP contribution in [-0.4, -0.2) is 0 Å². The van der Waals surface area contributed by atoms with E-state index in [1.165, 1.54) is 12.1 Å². The van der Waals surface area contributed by atoms with Crippen molar-refractivity contribution in [3.05, 3.63) is 64.7 Å². The second-order valence-corrected chi connectivity index (χ2v) is 4.66. The second kappa shape index (κ2) is 5.70. The molecule has 2 aromatic carbocycles. The number of aryl methyl sites for hydroxylation is 1.